The maximum Gasteiger partial charge on any atom is 0.0930 e. The minimum absolute atomic E-state index is 0.0388. The van der Waals surface area contributed by atoms with E-state index in [-0.39, 0.29) is 18.8 Å². The SMILES string of the molecule is COC[C@H]1CO[C@@H](CO)CN1. The summed E-state index contributed by atoms with van der Waals surface area (Å²) in [5, 5.41) is 11.9. The van der Waals surface area contributed by atoms with Crippen LogP contribution in [0.2, 0.25) is 0 Å². The van der Waals surface area contributed by atoms with E-state index in [1.54, 1.807) is 7.11 Å². The Morgan fingerprint density at radius 3 is 3.00 bits per heavy atom. The number of rotatable bonds is 3. The van der Waals surface area contributed by atoms with Crippen LogP contribution < -0.4 is 5.32 Å². The van der Waals surface area contributed by atoms with E-state index < -0.39 is 0 Å². The smallest absolute Gasteiger partial charge is 0.0930 e. The Kier molecular flexibility index (Phi) is 3.79. The van der Waals surface area contributed by atoms with Crippen LogP contribution in [0.3, 0.4) is 0 Å². The Morgan fingerprint density at radius 1 is 1.73 bits per heavy atom. The summed E-state index contributed by atoms with van der Waals surface area (Å²) < 4.78 is 10.2. The van der Waals surface area contributed by atoms with Gasteiger partial charge in [-0.3, -0.25) is 0 Å². The molecule has 0 aromatic rings. The molecule has 0 unspecified atom stereocenters. The fraction of sp³-hybridized carbons (Fsp3) is 1.00. The van der Waals surface area contributed by atoms with E-state index in [0.29, 0.717) is 19.8 Å². The van der Waals surface area contributed by atoms with Gasteiger partial charge in [0.2, 0.25) is 0 Å². The zero-order chi connectivity index (χ0) is 8.10. The molecule has 1 rings (SSSR count). The van der Waals surface area contributed by atoms with Gasteiger partial charge in [-0.2, -0.15) is 0 Å². The van der Waals surface area contributed by atoms with Crippen LogP contribution in [0.4, 0.5) is 0 Å². The van der Waals surface area contributed by atoms with Crippen LogP contribution in [-0.4, -0.2) is 50.7 Å². The average molecular weight is 161 g/mol. The average Bonchev–Trinajstić information content (AvgIpc) is 2.07. The molecule has 66 valence electrons. The van der Waals surface area contributed by atoms with Crippen molar-refractivity contribution in [2.75, 3.05) is 33.5 Å². The molecule has 1 saturated heterocycles. The lowest BCUT2D eigenvalue weighted by atomic mass is 10.2. The molecule has 1 aliphatic rings. The first-order valence-corrected chi connectivity index (χ1v) is 3.81. The van der Waals surface area contributed by atoms with Crippen molar-refractivity contribution in [3.05, 3.63) is 0 Å². The molecule has 0 amide bonds. The number of ether oxygens (including phenoxy) is 2. The van der Waals surface area contributed by atoms with Crippen LogP contribution in [0.5, 0.6) is 0 Å². The third kappa shape index (κ3) is 2.75. The Bertz CT molecular complexity index is 102. The lowest BCUT2D eigenvalue weighted by Crippen LogP contribution is -2.49. The molecule has 0 aromatic carbocycles. The van der Waals surface area contributed by atoms with E-state index in [2.05, 4.69) is 5.32 Å². The highest BCUT2D eigenvalue weighted by Gasteiger charge is 2.19. The second-order valence-electron chi connectivity index (χ2n) is 2.70. The highest BCUT2D eigenvalue weighted by Crippen LogP contribution is 2.00. The fourth-order valence-electron chi connectivity index (χ4n) is 1.09. The van der Waals surface area contributed by atoms with Gasteiger partial charge in [0.25, 0.3) is 0 Å². The standard InChI is InChI=1S/C7H15NO3/c1-10-4-6-5-11-7(3-9)2-8-6/h6-9H,2-5H2,1H3/t6-,7+/m0/s1. The van der Waals surface area contributed by atoms with E-state index in [4.69, 9.17) is 14.6 Å². The van der Waals surface area contributed by atoms with Gasteiger partial charge in [0.15, 0.2) is 0 Å². The summed E-state index contributed by atoms with van der Waals surface area (Å²) in [6.45, 7) is 2.09. The van der Waals surface area contributed by atoms with Crippen LogP contribution in [0.15, 0.2) is 0 Å². The summed E-state index contributed by atoms with van der Waals surface area (Å²) in [6, 6.07) is 0.280. The summed E-state index contributed by atoms with van der Waals surface area (Å²) in [6.07, 6.45) is -0.0388. The number of nitrogens with one attached hydrogen (secondary N) is 1. The molecule has 0 aromatic heterocycles. The van der Waals surface area contributed by atoms with Gasteiger partial charge in [-0.25, -0.2) is 0 Å². The quantitative estimate of drug-likeness (QED) is 0.556. The minimum atomic E-state index is -0.0388. The van der Waals surface area contributed by atoms with Crippen molar-refractivity contribution in [3.8, 4) is 0 Å². The van der Waals surface area contributed by atoms with Gasteiger partial charge in [0, 0.05) is 13.7 Å². The van der Waals surface area contributed by atoms with Crippen LogP contribution in [0, 0.1) is 0 Å². The first-order valence-electron chi connectivity index (χ1n) is 3.81. The first kappa shape index (κ1) is 8.93. The molecule has 0 bridgehead atoms. The Morgan fingerprint density at radius 2 is 2.55 bits per heavy atom. The molecule has 1 heterocycles. The topological polar surface area (TPSA) is 50.7 Å². The van der Waals surface area contributed by atoms with Crippen LogP contribution in [0.25, 0.3) is 0 Å². The maximum atomic E-state index is 8.71. The molecule has 0 radical (unpaired) electrons. The second kappa shape index (κ2) is 4.66. The van der Waals surface area contributed by atoms with Crippen molar-refractivity contribution >= 4 is 0 Å². The van der Waals surface area contributed by atoms with E-state index in [9.17, 15) is 0 Å². The van der Waals surface area contributed by atoms with Gasteiger partial charge in [0.1, 0.15) is 0 Å². The Labute approximate surface area is 66.5 Å². The molecular formula is C7H15NO3. The molecule has 4 nitrogen and oxygen atoms in total. The lowest BCUT2D eigenvalue weighted by Gasteiger charge is -2.28. The molecule has 11 heavy (non-hydrogen) atoms. The van der Waals surface area contributed by atoms with Crippen molar-refractivity contribution in [2.24, 2.45) is 0 Å². The van der Waals surface area contributed by atoms with Crippen LogP contribution in [-0.2, 0) is 9.47 Å². The number of methoxy groups -OCH3 is 1. The van der Waals surface area contributed by atoms with Crippen LogP contribution >= 0.6 is 0 Å². The van der Waals surface area contributed by atoms with Gasteiger partial charge < -0.3 is 19.9 Å². The van der Waals surface area contributed by atoms with E-state index in [1.165, 1.54) is 0 Å². The third-order valence-corrected chi connectivity index (χ3v) is 1.74. The summed E-state index contributed by atoms with van der Waals surface area (Å²) in [7, 11) is 1.67. The van der Waals surface area contributed by atoms with E-state index >= 15 is 0 Å². The number of hydrogen-bond donors (Lipinski definition) is 2. The highest BCUT2D eigenvalue weighted by molar-refractivity contribution is 4.74. The van der Waals surface area contributed by atoms with Crippen molar-refractivity contribution in [2.45, 2.75) is 12.1 Å². The van der Waals surface area contributed by atoms with Crippen molar-refractivity contribution in [1.29, 1.82) is 0 Å². The van der Waals surface area contributed by atoms with E-state index in [1.807, 2.05) is 0 Å². The molecule has 0 spiro atoms. The summed E-state index contributed by atoms with van der Waals surface area (Å²) in [5.74, 6) is 0. The molecule has 1 aliphatic heterocycles. The van der Waals surface area contributed by atoms with Crippen molar-refractivity contribution in [1.82, 2.24) is 5.32 Å². The molecule has 0 saturated carbocycles. The zero-order valence-electron chi connectivity index (χ0n) is 6.75. The molecule has 4 heteroatoms. The zero-order valence-corrected chi connectivity index (χ0v) is 6.75. The van der Waals surface area contributed by atoms with Crippen LogP contribution in [0.1, 0.15) is 0 Å². The van der Waals surface area contributed by atoms with Gasteiger partial charge in [0.05, 0.1) is 32.0 Å². The lowest BCUT2D eigenvalue weighted by molar-refractivity contribution is -0.0379. The molecule has 2 N–H and O–H groups in total. The van der Waals surface area contributed by atoms with Crippen molar-refractivity contribution in [3.63, 3.8) is 0 Å². The number of aliphatic hydroxyl groups excluding tert-OH is 1. The highest BCUT2D eigenvalue weighted by atomic mass is 16.5. The Hall–Kier alpha value is -0.160. The third-order valence-electron chi connectivity index (χ3n) is 1.74. The summed E-state index contributed by atoms with van der Waals surface area (Å²) in [4.78, 5) is 0. The molecular weight excluding hydrogens is 146 g/mol. The number of aliphatic hydroxyl groups is 1. The fourth-order valence-corrected chi connectivity index (χ4v) is 1.09. The summed E-state index contributed by atoms with van der Waals surface area (Å²) in [5.41, 5.74) is 0. The normalized spacial score (nSPS) is 32.2. The molecule has 2 atom stereocenters. The van der Waals surface area contributed by atoms with Gasteiger partial charge in [-0.15, -0.1) is 0 Å². The van der Waals surface area contributed by atoms with E-state index in [0.717, 1.165) is 0 Å². The molecule has 0 aliphatic carbocycles. The van der Waals surface area contributed by atoms with Gasteiger partial charge in [-0.05, 0) is 0 Å². The van der Waals surface area contributed by atoms with Gasteiger partial charge in [-0.1, -0.05) is 0 Å². The predicted octanol–water partition coefficient (Wildman–Crippen LogP) is -1.02. The first-order chi connectivity index (χ1) is 5.36. The number of morpholine rings is 1. The minimum Gasteiger partial charge on any atom is -0.394 e. The summed E-state index contributed by atoms with van der Waals surface area (Å²) >= 11 is 0. The predicted molar refractivity (Wildman–Crippen MR) is 40.5 cm³/mol. The van der Waals surface area contributed by atoms with Crippen molar-refractivity contribution < 1.29 is 14.6 Å². The monoisotopic (exact) mass is 161 g/mol. The molecule has 1 fully saturated rings. The largest absolute Gasteiger partial charge is 0.394 e. The van der Waals surface area contributed by atoms with Gasteiger partial charge >= 0.3 is 0 Å². The maximum absolute atomic E-state index is 8.71. The Balaban J connectivity index is 2.14. The number of hydrogen-bond acceptors (Lipinski definition) is 4. The second-order valence-corrected chi connectivity index (χ2v) is 2.70.